The summed E-state index contributed by atoms with van der Waals surface area (Å²) in [5.41, 5.74) is 0. The van der Waals surface area contributed by atoms with Crippen molar-refractivity contribution in [2.75, 3.05) is 32.5 Å². The highest BCUT2D eigenvalue weighted by Crippen LogP contribution is 2.24. The molecular weight excluding hydrogens is 352 g/mol. The van der Waals surface area contributed by atoms with Gasteiger partial charge in [-0.2, -0.15) is 0 Å². The predicted octanol–water partition coefficient (Wildman–Crippen LogP) is 0.325. The highest BCUT2D eigenvalue weighted by Gasteiger charge is 2.33. The van der Waals surface area contributed by atoms with E-state index in [-0.39, 0.29) is 24.5 Å². The van der Waals surface area contributed by atoms with Crippen LogP contribution in [0.3, 0.4) is 0 Å². The van der Waals surface area contributed by atoms with Crippen molar-refractivity contribution in [3.63, 3.8) is 0 Å². The first-order chi connectivity index (χ1) is 11.6. The van der Waals surface area contributed by atoms with Crippen LogP contribution in [0.15, 0.2) is 12.4 Å². The maximum atomic E-state index is 12.4. The Morgan fingerprint density at radius 2 is 2.17 bits per heavy atom. The van der Waals surface area contributed by atoms with E-state index in [1.807, 2.05) is 0 Å². The molecule has 2 aliphatic rings. The van der Waals surface area contributed by atoms with Crippen molar-refractivity contribution in [3.05, 3.63) is 12.4 Å². The van der Waals surface area contributed by atoms with Crippen molar-refractivity contribution in [1.29, 1.82) is 0 Å². The third kappa shape index (κ3) is 3.59. The largest absolute Gasteiger partial charge is 0.477 e. The standard InChI is InChI=1S/C14H16N4O4S2/c1-21-12-13(16-4-3-15-12)22-9-2-5-17(6-9)10(19)7-18-11(20)8-24-14(18)23/h3-4,9H,2,5-8H2,1H3. The molecule has 2 amide bonds. The van der Waals surface area contributed by atoms with Crippen LogP contribution in [0.25, 0.3) is 0 Å². The molecule has 8 nitrogen and oxygen atoms in total. The minimum atomic E-state index is -0.185. The third-order valence-corrected chi connectivity index (χ3v) is 5.17. The molecule has 128 valence electrons. The number of methoxy groups -OCH3 is 1. The fraction of sp³-hybridized carbons (Fsp3) is 0.500. The number of thioether (sulfide) groups is 1. The summed E-state index contributed by atoms with van der Waals surface area (Å²) in [5, 5.41) is 0. The summed E-state index contributed by atoms with van der Waals surface area (Å²) in [6.45, 7) is 0.986. The molecule has 24 heavy (non-hydrogen) atoms. The van der Waals surface area contributed by atoms with Crippen molar-refractivity contribution < 1.29 is 19.1 Å². The highest BCUT2D eigenvalue weighted by atomic mass is 32.2. The van der Waals surface area contributed by atoms with E-state index in [4.69, 9.17) is 21.7 Å². The highest BCUT2D eigenvalue weighted by molar-refractivity contribution is 8.23. The van der Waals surface area contributed by atoms with Gasteiger partial charge < -0.3 is 14.4 Å². The summed E-state index contributed by atoms with van der Waals surface area (Å²) in [6.07, 6.45) is 3.53. The molecule has 0 radical (unpaired) electrons. The first-order valence-electron chi connectivity index (χ1n) is 7.35. The van der Waals surface area contributed by atoms with E-state index in [1.54, 1.807) is 4.90 Å². The average Bonchev–Trinajstić information content (AvgIpc) is 3.17. The molecule has 0 saturated carbocycles. The number of aromatic nitrogens is 2. The molecule has 1 aromatic heterocycles. The minimum Gasteiger partial charge on any atom is -0.477 e. The number of ether oxygens (including phenoxy) is 2. The van der Waals surface area contributed by atoms with E-state index in [0.29, 0.717) is 41.3 Å². The van der Waals surface area contributed by atoms with Crippen molar-refractivity contribution in [2.24, 2.45) is 0 Å². The smallest absolute Gasteiger partial charge is 0.278 e. The second-order valence-corrected chi connectivity index (χ2v) is 6.88. The van der Waals surface area contributed by atoms with Crippen LogP contribution < -0.4 is 9.47 Å². The molecule has 10 heteroatoms. The summed E-state index contributed by atoms with van der Waals surface area (Å²) < 4.78 is 11.4. The number of hydrogen-bond donors (Lipinski definition) is 0. The van der Waals surface area contributed by atoms with E-state index in [9.17, 15) is 9.59 Å². The second kappa shape index (κ2) is 7.31. The molecule has 0 bridgehead atoms. The second-order valence-electron chi connectivity index (χ2n) is 5.27. The van der Waals surface area contributed by atoms with Crippen LogP contribution in [0.5, 0.6) is 11.8 Å². The van der Waals surface area contributed by atoms with Gasteiger partial charge in [-0.05, 0) is 0 Å². The number of amides is 2. The molecule has 3 heterocycles. The minimum absolute atomic E-state index is 0.00809. The molecule has 3 rings (SSSR count). The molecule has 1 unspecified atom stereocenters. The van der Waals surface area contributed by atoms with Crippen molar-refractivity contribution in [3.8, 4) is 11.8 Å². The van der Waals surface area contributed by atoms with E-state index in [0.717, 1.165) is 0 Å². The van der Waals surface area contributed by atoms with Crippen LogP contribution in [0, 0.1) is 0 Å². The number of hydrogen-bond acceptors (Lipinski definition) is 8. The fourth-order valence-corrected chi connectivity index (χ4v) is 3.58. The molecule has 1 aromatic rings. The fourth-order valence-electron chi connectivity index (χ4n) is 2.51. The van der Waals surface area contributed by atoms with Gasteiger partial charge in [0, 0.05) is 25.4 Å². The lowest BCUT2D eigenvalue weighted by molar-refractivity contribution is -0.135. The molecule has 0 aromatic carbocycles. The third-order valence-electron chi connectivity index (χ3n) is 3.74. The van der Waals surface area contributed by atoms with Crippen LogP contribution in [-0.2, 0) is 9.59 Å². The first-order valence-corrected chi connectivity index (χ1v) is 8.74. The lowest BCUT2D eigenvalue weighted by Gasteiger charge is -2.21. The predicted molar refractivity (Wildman–Crippen MR) is 91.0 cm³/mol. The van der Waals surface area contributed by atoms with E-state index in [2.05, 4.69) is 9.97 Å². The molecule has 0 aliphatic carbocycles. The molecule has 2 saturated heterocycles. The molecule has 2 fully saturated rings. The summed E-state index contributed by atoms with van der Waals surface area (Å²) in [4.78, 5) is 35.2. The maximum absolute atomic E-state index is 12.4. The summed E-state index contributed by atoms with van der Waals surface area (Å²) in [6, 6.07) is 0. The van der Waals surface area contributed by atoms with Gasteiger partial charge in [-0.1, -0.05) is 24.0 Å². The molecular formula is C14H16N4O4S2. The van der Waals surface area contributed by atoms with Gasteiger partial charge in [0.1, 0.15) is 17.0 Å². The number of thiocarbonyl (C=S) groups is 1. The first kappa shape index (κ1) is 16.9. The number of rotatable bonds is 5. The summed E-state index contributed by atoms with van der Waals surface area (Å²) in [5.74, 6) is 0.684. The van der Waals surface area contributed by atoms with Gasteiger partial charge in [0.2, 0.25) is 11.8 Å². The van der Waals surface area contributed by atoms with Gasteiger partial charge in [0.05, 0.1) is 19.4 Å². The summed E-state index contributed by atoms with van der Waals surface area (Å²) >= 11 is 6.38. The van der Waals surface area contributed by atoms with E-state index < -0.39 is 0 Å². The Bertz CT molecular complexity index is 656. The van der Waals surface area contributed by atoms with Crippen LogP contribution in [0.4, 0.5) is 0 Å². The Labute approximate surface area is 148 Å². The monoisotopic (exact) mass is 368 g/mol. The average molecular weight is 368 g/mol. The SMILES string of the molecule is COc1nccnc1OC1CCN(C(=O)CN2C(=O)CSC2=S)C1. The maximum Gasteiger partial charge on any atom is 0.278 e. The molecule has 1 atom stereocenters. The van der Waals surface area contributed by atoms with Gasteiger partial charge in [0.15, 0.2) is 0 Å². The summed E-state index contributed by atoms with van der Waals surface area (Å²) in [7, 11) is 1.50. The van der Waals surface area contributed by atoms with Crippen LogP contribution >= 0.6 is 24.0 Å². The van der Waals surface area contributed by atoms with Crippen LogP contribution in [0.1, 0.15) is 6.42 Å². The van der Waals surface area contributed by atoms with Crippen molar-refractivity contribution in [1.82, 2.24) is 19.8 Å². The lowest BCUT2D eigenvalue weighted by atomic mass is 10.3. The Morgan fingerprint density at radius 3 is 2.83 bits per heavy atom. The van der Waals surface area contributed by atoms with Crippen LogP contribution in [-0.4, -0.2) is 74.5 Å². The van der Waals surface area contributed by atoms with E-state index >= 15 is 0 Å². The number of nitrogens with zero attached hydrogens (tertiary/aromatic N) is 4. The topological polar surface area (TPSA) is 84.9 Å². The molecule has 0 spiro atoms. The van der Waals surface area contributed by atoms with E-state index in [1.165, 1.54) is 36.2 Å². The van der Waals surface area contributed by atoms with Gasteiger partial charge in [-0.25, -0.2) is 9.97 Å². The van der Waals surface area contributed by atoms with Crippen LogP contribution in [0.2, 0.25) is 0 Å². The Morgan fingerprint density at radius 1 is 1.42 bits per heavy atom. The Kier molecular flexibility index (Phi) is 5.14. The number of likely N-dealkylation sites (tertiary alicyclic amines) is 1. The lowest BCUT2D eigenvalue weighted by Crippen LogP contribution is -2.41. The molecule has 2 aliphatic heterocycles. The number of carbonyl (C=O) groups excluding carboxylic acids is 2. The zero-order chi connectivity index (χ0) is 17.1. The molecule has 0 N–H and O–H groups in total. The normalized spacial score (nSPS) is 20.6. The zero-order valence-corrected chi connectivity index (χ0v) is 14.6. The van der Waals surface area contributed by atoms with Gasteiger partial charge in [-0.15, -0.1) is 0 Å². The number of carbonyl (C=O) groups is 2. The Hall–Kier alpha value is -1.94. The quantitative estimate of drug-likeness (QED) is 0.687. The zero-order valence-electron chi connectivity index (χ0n) is 13.0. The van der Waals surface area contributed by atoms with Gasteiger partial charge in [-0.3, -0.25) is 14.5 Å². The van der Waals surface area contributed by atoms with Gasteiger partial charge in [0.25, 0.3) is 11.8 Å². The van der Waals surface area contributed by atoms with Gasteiger partial charge >= 0.3 is 0 Å². The van der Waals surface area contributed by atoms with Crippen molar-refractivity contribution in [2.45, 2.75) is 12.5 Å². The Balaban J connectivity index is 1.56. The van der Waals surface area contributed by atoms with Crippen molar-refractivity contribution >= 4 is 40.1 Å².